The van der Waals surface area contributed by atoms with Crippen LogP contribution in [-0.2, 0) is 33.3 Å². The fourth-order valence-corrected chi connectivity index (χ4v) is 1.98. The van der Waals surface area contributed by atoms with Gasteiger partial charge in [0.25, 0.3) is 0 Å². The summed E-state index contributed by atoms with van der Waals surface area (Å²) >= 11 is 0. The lowest BCUT2D eigenvalue weighted by Gasteiger charge is -2.19. The van der Waals surface area contributed by atoms with Crippen LogP contribution in [-0.4, -0.2) is 131 Å². The predicted octanol–water partition coefficient (Wildman–Crippen LogP) is 0.679. The Labute approximate surface area is 226 Å². The lowest BCUT2D eigenvalue weighted by Crippen LogP contribution is -2.26. The molecule has 7 unspecified atom stereocenters. The molecule has 38 heavy (non-hydrogen) atoms. The normalized spacial score (nSPS) is 16.6. The third-order valence-corrected chi connectivity index (χ3v) is 4.05. The van der Waals surface area contributed by atoms with Crippen LogP contribution in [0.5, 0.6) is 0 Å². The molecule has 0 saturated heterocycles. The first kappa shape index (κ1) is 41.1. The third-order valence-electron chi connectivity index (χ3n) is 4.05. The van der Waals surface area contributed by atoms with Crippen molar-refractivity contribution in [3.05, 3.63) is 0 Å². The van der Waals surface area contributed by atoms with E-state index in [0.29, 0.717) is 33.0 Å². The molecule has 0 bridgehead atoms. The van der Waals surface area contributed by atoms with Gasteiger partial charge in [-0.2, -0.15) is 0 Å². The molecule has 230 valence electrons. The van der Waals surface area contributed by atoms with E-state index in [1.165, 1.54) is 0 Å². The number of hydrogen-bond donors (Lipinski definition) is 6. The van der Waals surface area contributed by atoms with Crippen LogP contribution in [0.25, 0.3) is 0 Å². The van der Waals surface area contributed by atoms with Crippen LogP contribution in [0.4, 0.5) is 0 Å². The highest BCUT2D eigenvalue weighted by Crippen LogP contribution is 2.00. The second-order valence-electron chi connectivity index (χ2n) is 9.29. The Morgan fingerprint density at radius 2 is 0.921 bits per heavy atom. The van der Waals surface area contributed by atoms with Crippen molar-refractivity contribution in [3.8, 4) is 0 Å². The molecule has 0 aliphatic rings. The molecule has 0 aromatic heterocycles. The van der Waals surface area contributed by atoms with E-state index in [9.17, 15) is 9.59 Å². The maximum absolute atomic E-state index is 9.72. The van der Waals surface area contributed by atoms with Gasteiger partial charge in [0.15, 0.2) is 6.10 Å². The second-order valence-corrected chi connectivity index (χ2v) is 9.29. The number of carboxylic acid groups (broad SMARTS) is 2. The number of aliphatic carboxylic acids is 2. The monoisotopic (exact) mass is 560 g/mol. The van der Waals surface area contributed by atoms with Crippen molar-refractivity contribution < 1.29 is 63.9 Å². The standard InChI is InChI=1S/C12H26O4.C9H20O4.C4H6O5/c1-9(2)14-7-11(4)16-8-12(5)15-6-10(3)13;1-7(11)5-12-9(3)6-13-8(2)4-10;5-2(4(8)9)1-3(6)7/h9-13H,6-8H2,1-5H3;7-11H,4-6H2,1-3H3;2,5H,1H2,(H,6,7)(H,8,9). The topological polar surface area (TPSA) is 202 Å². The van der Waals surface area contributed by atoms with E-state index in [0.717, 1.165) is 0 Å². The molecule has 7 atom stereocenters. The van der Waals surface area contributed by atoms with Gasteiger partial charge in [0, 0.05) is 0 Å². The molecule has 0 aromatic carbocycles. The van der Waals surface area contributed by atoms with Gasteiger partial charge in [-0.15, -0.1) is 0 Å². The lowest BCUT2D eigenvalue weighted by molar-refractivity contribution is -0.152. The summed E-state index contributed by atoms with van der Waals surface area (Å²) in [4.78, 5) is 19.4. The molecule has 0 aliphatic heterocycles. The number of ether oxygens (including phenoxy) is 5. The van der Waals surface area contributed by atoms with Gasteiger partial charge in [0.2, 0.25) is 0 Å². The average molecular weight is 561 g/mol. The Morgan fingerprint density at radius 3 is 1.18 bits per heavy atom. The van der Waals surface area contributed by atoms with Gasteiger partial charge in [0.1, 0.15) is 0 Å². The summed E-state index contributed by atoms with van der Waals surface area (Å²) in [6, 6.07) is 0. The maximum atomic E-state index is 9.72. The summed E-state index contributed by atoms with van der Waals surface area (Å²) in [5.74, 6) is -2.85. The van der Waals surface area contributed by atoms with Gasteiger partial charge in [-0.1, -0.05) is 0 Å². The van der Waals surface area contributed by atoms with Crippen LogP contribution >= 0.6 is 0 Å². The summed E-state index contributed by atoms with van der Waals surface area (Å²) in [6.45, 7) is 17.2. The van der Waals surface area contributed by atoms with E-state index in [-0.39, 0.29) is 37.1 Å². The van der Waals surface area contributed by atoms with Crippen molar-refractivity contribution in [2.24, 2.45) is 0 Å². The van der Waals surface area contributed by atoms with Crippen LogP contribution in [0.15, 0.2) is 0 Å². The van der Waals surface area contributed by atoms with Gasteiger partial charge in [-0.3, -0.25) is 4.79 Å². The molecule has 6 N–H and O–H groups in total. The van der Waals surface area contributed by atoms with E-state index in [4.69, 9.17) is 54.3 Å². The molecule has 13 nitrogen and oxygen atoms in total. The molecule has 0 aliphatic carbocycles. The zero-order chi connectivity index (χ0) is 30.3. The van der Waals surface area contributed by atoms with Crippen molar-refractivity contribution in [2.75, 3.05) is 39.6 Å². The molecule has 13 heteroatoms. The quantitative estimate of drug-likeness (QED) is 0.129. The van der Waals surface area contributed by atoms with Crippen molar-refractivity contribution in [1.82, 2.24) is 0 Å². The first-order chi connectivity index (χ1) is 17.5. The van der Waals surface area contributed by atoms with E-state index < -0.39 is 36.7 Å². The predicted molar refractivity (Wildman–Crippen MR) is 139 cm³/mol. The zero-order valence-electron chi connectivity index (χ0n) is 24.1. The highest BCUT2D eigenvalue weighted by atomic mass is 16.6. The minimum absolute atomic E-state index is 0.00361. The fraction of sp³-hybridized carbons (Fsp3) is 0.920. The summed E-state index contributed by atoms with van der Waals surface area (Å²) in [5.41, 5.74) is 0. The highest BCUT2D eigenvalue weighted by molar-refractivity contribution is 5.79. The number of aliphatic hydroxyl groups excluding tert-OH is 4. The second kappa shape index (κ2) is 25.8. The molecule has 0 rings (SSSR count). The van der Waals surface area contributed by atoms with E-state index in [2.05, 4.69) is 0 Å². The Kier molecular flexibility index (Phi) is 27.9. The third kappa shape index (κ3) is 34.6. The Hall–Kier alpha value is -1.42. The van der Waals surface area contributed by atoms with Gasteiger partial charge in [-0.25, -0.2) is 4.79 Å². The number of rotatable bonds is 19. The van der Waals surface area contributed by atoms with Crippen LogP contribution in [0.3, 0.4) is 0 Å². The molecule has 0 radical (unpaired) electrons. The van der Waals surface area contributed by atoms with Gasteiger partial charge >= 0.3 is 11.9 Å². The largest absolute Gasteiger partial charge is 0.481 e. The summed E-state index contributed by atoms with van der Waals surface area (Å²) in [7, 11) is 0. The number of aliphatic hydroxyl groups is 4. The van der Waals surface area contributed by atoms with Crippen molar-refractivity contribution in [1.29, 1.82) is 0 Å². The molecule has 0 saturated carbocycles. The number of hydrogen-bond acceptors (Lipinski definition) is 11. The molecular formula is C25H52O13. The van der Waals surface area contributed by atoms with Crippen molar-refractivity contribution in [3.63, 3.8) is 0 Å². The zero-order valence-corrected chi connectivity index (χ0v) is 24.1. The molecule has 0 amide bonds. The smallest absolute Gasteiger partial charge is 0.333 e. The van der Waals surface area contributed by atoms with E-state index >= 15 is 0 Å². The maximum Gasteiger partial charge on any atom is 0.333 e. The summed E-state index contributed by atoms with van der Waals surface area (Å²) in [5, 5.41) is 50.8. The molecule has 0 fully saturated rings. The minimum atomic E-state index is -1.79. The SMILES string of the molecule is CC(O)COC(C)COC(C)CO.CC(O)COC(C)COC(C)COC(C)C.O=C(O)CC(O)C(=O)O. The number of carboxylic acids is 2. The Bertz CT molecular complexity index is 539. The highest BCUT2D eigenvalue weighted by Gasteiger charge is 2.16. The Balaban J connectivity index is -0.000000503. The summed E-state index contributed by atoms with van der Waals surface area (Å²) in [6.07, 6.45) is -3.33. The average Bonchev–Trinajstić information content (AvgIpc) is 2.82. The van der Waals surface area contributed by atoms with Gasteiger partial charge in [-0.05, 0) is 55.4 Å². The molecule has 0 aromatic rings. The Morgan fingerprint density at radius 1 is 0.579 bits per heavy atom. The molecule has 0 spiro atoms. The first-order valence-corrected chi connectivity index (χ1v) is 12.7. The molecule has 0 heterocycles. The minimum Gasteiger partial charge on any atom is -0.481 e. The van der Waals surface area contributed by atoms with Crippen molar-refractivity contribution >= 4 is 11.9 Å². The van der Waals surface area contributed by atoms with Crippen LogP contribution in [0.1, 0.15) is 61.8 Å². The van der Waals surface area contributed by atoms with Crippen molar-refractivity contribution in [2.45, 2.75) is 111 Å². The van der Waals surface area contributed by atoms with Crippen LogP contribution in [0.2, 0.25) is 0 Å². The van der Waals surface area contributed by atoms with E-state index in [1.54, 1.807) is 20.8 Å². The number of carbonyl (C=O) groups is 2. The van der Waals surface area contributed by atoms with Gasteiger partial charge in [0.05, 0.1) is 88.8 Å². The van der Waals surface area contributed by atoms with Crippen LogP contribution < -0.4 is 0 Å². The van der Waals surface area contributed by atoms with Crippen LogP contribution in [0, 0.1) is 0 Å². The fourth-order valence-electron chi connectivity index (χ4n) is 1.98. The molecular weight excluding hydrogens is 508 g/mol. The van der Waals surface area contributed by atoms with Gasteiger partial charge < -0.3 is 54.3 Å². The first-order valence-electron chi connectivity index (χ1n) is 12.7. The lowest BCUT2D eigenvalue weighted by atomic mass is 10.3. The van der Waals surface area contributed by atoms with E-state index in [1.807, 2.05) is 34.6 Å². The summed E-state index contributed by atoms with van der Waals surface area (Å²) < 4.78 is 26.8.